The SMILES string of the molecule is CC1CC(C)C(C(=O)N(Cc2cccnc2)c2ccc(F)cc2)O1. The van der Waals surface area contributed by atoms with Gasteiger partial charge in [-0.25, -0.2) is 4.39 Å². The Balaban J connectivity index is 1.89. The molecule has 3 rings (SSSR count). The van der Waals surface area contributed by atoms with Gasteiger partial charge in [0.15, 0.2) is 0 Å². The van der Waals surface area contributed by atoms with E-state index >= 15 is 0 Å². The van der Waals surface area contributed by atoms with Crippen molar-refractivity contribution in [2.24, 2.45) is 5.92 Å². The molecule has 1 aromatic heterocycles. The van der Waals surface area contributed by atoms with E-state index < -0.39 is 6.10 Å². The van der Waals surface area contributed by atoms with Crippen LogP contribution < -0.4 is 4.90 Å². The first-order valence-electron chi connectivity index (χ1n) is 8.16. The van der Waals surface area contributed by atoms with E-state index in [0.29, 0.717) is 12.2 Å². The minimum Gasteiger partial charge on any atom is -0.365 e. The normalized spacial score (nSPS) is 23.2. The lowest BCUT2D eigenvalue weighted by atomic mass is 10.0. The van der Waals surface area contributed by atoms with Crippen LogP contribution in [-0.4, -0.2) is 23.1 Å². The van der Waals surface area contributed by atoms with E-state index in [9.17, 15) is 9.18 Å². The highest BCUT2D eigenvalue weighted by Crippen LogP contribution is 2.29. The molecule has 1 amide bonds. The van der Waals surface area contributed by atoms with Gasteiger partial charge < -0.3 is 9.64 Å². The van der Waals surface area contributed by atoms with Gasteiger partial charge in [0.25, 0.3) is 5.91 Å². The number of anilines is 1. The van der Waals surface area contributed by atoms with Crippen LogP contribution in [0, 0.1) is 11.7 Å². The van der Waals surface area contributed by atoms with Crippen LogP contribution in [0.5, 0.6) is 0 Å². The Morgan fingerprint density at radius 2 is 2.04 bits per heavy atom. The molecule has 0 radical (unpaired) electrons. The lowest BCUT2D eigenvalue weighted by Gasteiger charge is -2.27. The molecule has 1 aromatic carbocycles. The van der Waals surface area contributed by atoms with Crippen molar-refractivity contribution in [2.75, 3.05) is 4.90 Å². The summed E-state index contributed by atoms with van der Waals surface area (Å²) < 4.78 is 19.1. The number of halogens is 1. The fraction of sp³-hybridized carbons (Fsp3) is 0.368. The molecule has 24 heavy (non-hydrogen) atoms. The molecule has 1 saturated heterocycles. The van der Waals surface area contributed by atoms with Crippen LogP contribution in [0.25, 0.3) is 0 Å². The van der Waals surface area contributed by atoms with Crippen molar-refractivity contribution in [3.8, 4) is 0 Å². The van der Waals surface area contributed by atoms with Crippen molar-refractivity contribution in [3.05, 3.63) is 60.2 Å². The smallest absolute Gasteiger partial charge is 0.256 e. The average Bonchev–Trinajstić information content (AvgIpc) is 2.92. The van der Waals surface area contributed by atoms with Crippen LogP contribution in [0.3, 0.4) is 0 Å². The van der Waals surface area contributed by atoms with Crippen molar-refractivity contribution in [1.29, 1.82) is 0 Å². The molecule has 1 fully saturated rings. The molecule has 5 heteroatoms. The van der Waals surface area contributed by atoms with Gasteiger partial charge in [-0.2, -0.15) is 0 Å². The third-order valence-corrected chi connectivity index (χ3v) is 4.31. The summed E-state index contributed by atoms with van der Waals surface area (Å²) in [7, 11) is 0. The number of hydrogen-bond acceptors (Lipinski definition) is 3. The van der Waals surface area contributed by atoms with E-state index in [1.54, 1.807) is 29.4 Å². The summed E-state index contributed by atoms with van der Waals surface area (Å²) in [4.78, 5) is 18.8. The second kappa shape index (κ2) is 7.09. The van der Waals surface area contributed by atoms with Gasteiger partial charge in [0.1, 0.15) is 11.9 Å². The monoisotopic (exact) mass is 328 g/mol. The van der Waals surface area contributed by atoms with Gasteiger partial charge in [-0.1, -0.05) is 13.0 Å². The average molecular weight is 328 g/mol. The van der Waals surface area contributed by atoms with Crippen molar-refractivity contribution in [2.45, 2.75) is 39.0 Å². The molecule has 0 bridgehead atoms. The number of amides is 1. The Labute approximate surface area is 141 Å². The van der Waals surface area contributed by atoms with Crippen LogP contribution in [0.2, 0.25) is 0 Å². The molecule has 3 unspecified atom stereocenters. The van der Waals surface area contributed by atoms with Gasteiger partial charge in [0, 0.05) is 18.1 Å². The number of rotatable bonds is 4. The highest BCUT2D eigenvalue weighted by atomic mass is 19.1. The summed E-state index contributed by atoms with van der Waals surface area (Å²) in [5.74, 6) is -0.265. The number of aromatic nitrogens is 1. The Kier molecular flexibility index (Phi) is 4.90. The van der Waals surface area contributed by atoms with Crippen LogP contribution >= 0.6 is 0 Å². The quantitative estimate of drug-likeness (QED) is 0.862. The molecular formula is C19H21FN2O2. The van der Waals surface area contributed by atoms with E-state index in [4.69, 9.17) is 4.74 Å². The molecule has 3 atom stereocenters. The summed E-state index contributed by atoms with van der Waals surface area (Å²) >= 11 is 0. The summed E-state index contributed by atoms with van der Waals surface area (Å²) in [5.41, 5.74) is 1.56. The highest BCUT2D eigenvalue weighted by Gasteiger charge is 2.37. The number of ether oxygens (including phenoxy) is 1. The summed E-state index contributed by atoms with van der Waals surface area (Å²) in [6, 6.07) is 9.71. The minimum absolute atomic E-state index is 0.0717. The Morgan fingerprint density at radius 1 is 1.29 bits per heavy atom. The Bertz CT molecular complexity index is 690. The van der Waals surface area contributed by atoms with Gasteiger partial charge in [-0.3, -0.25) is 9.78 Å². The van der Waals surface area contributed by atoms with Crippen LogP contribution in [-0.2, 0) is 16.1 Å². The largest absolute Gasteiger partial charge is 0.365 e. The third-order valence-electron chi connectivity index (χ3n) is 4.31. The maximum Gasteiger partial charge on any atom is 0.256 e. The fourth-order valence-electron chi connectivity index (χ4n) is 3.13. The lowest BCUT2D eigenvalue weighted by molar-refractivity contribution is -0.130. The predicted octanol–water partition coefficient (Wildman–Crippen LogP) is 3.57. The van der Waals surface area contributed by atoms with E-state index in [1.165, 1.54) is 12.1 Å². The lowest BCUT2D eigenvalue weighted by Crippen LogP contribution is -2.41. The number of carbonyl (C=O) groups is 1. The molecule has 0 saturated carbocycles. The predicted molar refractivity (Wildman–Crippen MR) is 89.9 cm³/mol. The van der Waals surface area contributed by atoms with E-state index in [2.05, 4.69) is 4.98 Å². The summed E-state index contributed by atoms with van der Waals surface area (Å²) in [6.45, 7) is 4.38. The van der Waals surface area contributed by atoms with Crippen molar-refractivity contribution < 1.29 is 13.9 Å². The molecule has 1 aliphatic heterocycles. The molecule has 1 aliphatic rings. The van der Waals surface area contributed by atoms with Crippen LogP contribution in [0.15, 0.2) is 48.8 Å². The standard InChI is InChI=1S/C19H21FN2O2/c1-13-10-14(2)24-18(13)19(23)22(12-15-4-3-9-21-11-15)17-7-5-16(20)6-8-17/h3-9,11,13-14,18H,10,12H2,1-2H3. The number of pyridine rings is 1. The van der Waals surface area contributed by atoms with Crippen LogP contribution in [0.1, 0.15) is 25.8 Å². The molecule has 2 heterocycles. The second-order valence-electron chi connectivity index (χ2n) is 6.34. The molecule has 4 nitrogen and oxygen atoms in total. The minimum atomic E-state index is -0.471. The van der Waals surface area contributed by atoms with Gasteiger partial charge in [0.2, 0.25) is 0 Å². The van der Waals surface area contributed by atoms with E-state index in [1.807, 2.05) is 26.0 Å². The van der Waals surface area contributed by atoms with Gasteiger partial charge in [-0.15, -0.1) is 0 Å². The zero-order valence-corrected chi connectivity index (χ0v) is 13.9. The topological polar surface area (TPSA) is 42.4 Å². The second-order valence-corrected chi connectivity index (χ2v) is 6.34. The Morgan fingerprint density at radius 3 is 2.62 bits per heavy atom. The molecule has 0 N–H and O–H groups in total. The maximum absolute atomic E-state index is 13.3. The third kappa shape index (κ3) is 3.62. The first-order chi connectivity index (χ1) is 11.5. The van der Waals surface area contributed by atoms with Gasteiger partial charge in [-0.05, 0) is 55.2 Å². The van der Waals surface area contributed by atoms with Crippen LogP contribution in [0.4, 0.5) is 10.1 Å². The van der Waals surface area contributed by atoms with Crippen molar-refractivity contribution in [3.63, 3.8) is 0 Å². The van der Waals surface area contributed by atoms with Gasteiger partial charge in [0.05, 0.1) is 12.6 Å². The molecule has 0 aliphatic carbocycles. The number of nitrogens with zero attached hydrogens (tertiary/aromatic N) is 2. The molecular weight excluding hydrogens is 307 g/mol. The zero-order chi connectivity index (χ0) is 17.1. The number of hydrogen-bond donors (Lipinski definition) is 0. The molecule has 2 aromatic rings. The van der Waals surface area contributed by atoms with Crippen molar-refractivity contribution in [1.82, 2.24) is 4.98 Å². The molecule has 0 spiro atoms. The first-order valence-corrected chi connectivity index (χ1v) is 8.16. The number of carbonyl (C=O) groups excluding carboxylic acids is 1. The van der Waals surface area contributed by atoms with E-state index in [-0.39, 0.29) is 23.7 Å². The zero-order valence-electron chi connectivity index (χ0n) is 13.9. The Hall–Kier alpha value is -2.27. The van der Waals surface area contributed by atoms with Crippen molar-refractivity contribution >= 4 is 11.6 Å². The first kappa shape index (κ1) is 16.6. The van der Waals surface area contributed by atoms with E-state index in [0.717, 1.165) is 12.0 Å². The fourth-order valence-corrected chi connectivity index (χ4v) is 3.13. The molecule has 126 valence electrons. The summed E-state index contributed by atoms with van der Waals surface area (Å²) in [5, 5.41) is 0. The summed E-state index contributed by atoms with van der Waals surface area (Å²) in [6.07, 6.45) is 3.88. The van der Waals surface area contributed by atoms with Gasteiger partial charge >= 0.3 is 0 Å². The maximum atomic E-state index is 13.3. The number of benzene rings is 1. The highest BCUT2D eigenvalue weighted by molar-refractivity contribution is 5.96.